The van der Waals surface area contributed by atoms with Gasteiger partial charge in [0.25, 0.3) is 11.5 Å². The fraction of sp³-hybridized carbons (Fsp3) is 0.556. The highest BCUT2D eigenvalue weighted by molar-refractivity contribution is 5.92. The van der Waals surface area contributed by atoms with Crippen molar-refractivity contribution in [3.8, 4) is 0 Å². The van der Waals surface area contributed by atoms with Gasteiger partial charge in [-0.15, -0.1) is 10.2 Å². The molecule has 0 radical (unpaired) electrons. The summed E-state index contributed by atoms with van der Waals surface area (Å²) in [5, 5.41) is 10.7. The third-order valence-electron chi connectivity index (χ3n) is 5.22. The monoisotopic (exact) mass is 403 g/mol. The number of rotatable bonds is 6. The zero-order valence-corrected chi connectivity index (χ0v) is 16.7. The van der Waals surface area contributed by atoms with Gasteiger partial charge in [-0.1, -0.05) is 0 Å². The Morgan fingerprint density at radius 3 is 2.83 bits per heavy atom. The van der Waals surface area contributed by atoms with Gasteiger partial charge in [-0.3, -0.25) is 14.4 Å². The van der Waals surface area contributed by atoms with Crippen molar-refractivity contribution in [1.82, 2.24) is 34.9 Å². The first-order valence-electron chi connectivity index (χ1n) is 9.35. The van der Waals surface area contributed by atoms with Gasteiger partial charge < -0.3 is 24.5 Å². The Bertz CT molecular complexity index is 904. The second kappa shape index (κ2) is 8.95. The van der Waals surface area contributed by atoms with Gasteiger partial charge in [0.1, 0.15) is 12.0 Å². The third-order valence-corrected chi connectivity index (χ3v) is 5.22. The average molecular weight is 403 g/mol. The van der Waals surface area contributed by atoms with Crippen LogP contribution >= 0.6 is 0 Å². The van der Waals surface area contributed by atoms with Crippen molar-refractivity contribution in [2.24, 2.45) is 13.0 Å². The van der Waals surface area contributed by atoms with Gasteiger partial charge in [0.2, 0.25) is 5.91 Å². The van der Waals surface area contributed by atoms with Crippen molar-refractivity contribution >= 4 is 11.8 Å². The molecule has 0 saturated heterocycles. The lowest BCUT2D eigenvalue weighted by Crippen LogP contribution is -2.50. The minimum absolute atomic E-state index is 0.0102. The Balaban J connectivity index is 1.65. The molecule has 2 heterocycles. The molecule has 1 aliphatic rings. The molecule has 1 fully saturated rings. The number of carbonyl (C=O) groups excluding carboxylic acids is 2. The number of amides is 2. The topological polar surface area (TPSA) is 135 Å². The first-order valence-corrected chi connectivity index (χ1v) is 9.35. The maximum absolute atomic E-state index is 12.9. The van der Waals surface area contributed by atoms with E-state index in [4.69, 9.17) is 4.74 Å². The van der Waals surface area contributed by atoms with Crippen molar-refractivity contribution in [3.05, 3.63) is 40.6 Å². The van der Waals surface area contributed by atoms with E-state index in [1.807, 2.05) is 7.05 Å². The molecule has 3 rings (SSSR count). The Labute approximate surface area is 167 Å². The van der Waals surface area contributed by atoms with E-state index in [9.17, 15) is 14.4 Å². The molecule has 11 heteroatoms. The predicted molar refractivity (Wildman–Crippen MR) is 102 cm³/mol. The minimum atomic E-state index is -0.422. The molecule has 11 nitrogen and oxygen atoms in total. The fourth-order valence-electron chi connectivity index (χ4n) is 3.56. The summed E-state index contributed by atoms with van der Waals surface area (Å²) >= 11 is 0. The zero-order chi connectivity index (χ0) is 21.0. The summed E-state index contributed by atoms with van der Waals surface area (Å²) in [6.07, 6.45) is 5.48. The van der Waals surface area contributed by atoms with Crippen LogP contribution in [-0.4, -0.2) is 67.7 Å². The van der Waals surface area contributed by atoms with E-state index in [2.05, 4.69) is 25.5 Å². The van der Waals surface area contributed by atoms with E-state index in [-0.39, 0.29) is 35.2 Å². The van der Waals surface area contributed by atoms with Gasteiger partial charge in [-0.05, 0) is 19.3 Å². The van der Waals surface area contributed by atoms with Crippen LogP contribution < -0.4 is 10.9 Å². The summed E-state index contributed by atoms with van der Waals surface area (Å²) in [7, 11) is 5.15. The number of ether oxygens (including phenoxy) is 1. The van der Waals surface area contributed by atoms with Crippen molar-refractivity contribution in [2.75, 3.05) is 14.2 Å². The molecule has 156 valence electrons. The summed E-state index contributed by atoms with van der Waals surface area (Å²) in [5.74, 6) is 0.0201. The Kier molecular flexibility index (Phi) is 6.37. The van der Waals surface area contributed by atoms with Gasteiger partial charge in [-0.2, -0.15) is 0 Å². The average Bonchev–Trinajstić information content (AvgIpc) is 3.12. The summed E-state index contributed by atoms with van der Waals surface area (Å²) in [4.78, 5) is 44.4. The molecule has 1 saturated carbocycles. The molecule has 0 aliphatic heterocycles. The second-order valence-electron chi connectivity index (χ2n) is 7.21. The van der Waals surface area contributed by atoms with Crippen LogP contribution in [0.4, 0.5) is 0 Å². The number of nitrogens with one attached hydrogen (secondary N) is 2. The van der Waals surface area contributed by atoms with Crippen molar-refractivity contribution in [1.29, 1.82) is 0 Å². The molecule has 29 heavy (non-hydrogen) atoms. The summed E-state index contributed by atoms with van der Waals surface area (Å²) in [5.41, 5.74) is -0.280. The summed E-state index contributed by atoms with van der Waals surface area (Å²) < 4.78 is 7.28. The predicted octanol–water partition coefficient (Wildman–Crippen LogP) is -0.529. The molecule has 0 unspecified atom stereocenters. The number of aromatic nitrogens is 5. The molecule has 0 bridgehead atoms. The highest BCUT2D eigenvalue weighted by Crippen LogP contribution is 2.28. The number of aryl methyl sites for hydroxylation is 1. The fourth-order valence-corrected chi connectivity index (χ4v) is 3.56. The van der Waals surface area contributed by atoms with Gasteiger partial charge in [0.05, 0.1) is 24.9 Å². The molecule has 2 N–H and O–H groups in total. The van der Waals surface area contributed by atoms with Crippen molar-refractivity contribution < 1.29 is 14.3 Å². The highest BCUT2D eigenvalue weighted by atomic mass is 16.5. The minimum Gasteiger partial charge on any atom is -0.379 e. The first kappa shape index (κ1) is 20.6. The largest absolute Gasteiger partial charge is 0.379 e. The van der Waals surface area contributed by atoms with Crippen LogP contribution in [-0.2, 0) is 23.1 Å². The van der Waals surface area contributed by atoms with Gasteiger partial charge in [-0.25, -0.2) is 4.98 Å². The van der Waals surface area contributed by atoms with E-state index in [0.29, 0.717) is 31.6 Å². The van der Waals surface area contributed by atoms with Crippen molar-refractivity contribution in [3.63, 3.8) is 0 Å². The lowest BCUT2D eigenvalue weighted by molar-refractivity contribution is -0.137. The smallest absolute Gasteiger partial charge is 0.271 e. The van der Waals surface area contributed by atoms with Gasteiger partial charge >= 0.3 is 0 Å². The molecule has 2 amide bonds. The molecule has 1 aliphatic carbocycles. The van der Waals surface area contributed by atoms with E-state index in [1.165, 1.54) is 6.20 Å². The second-order valence-corrected chi connectivity index (χ2v) is 7.21. The molecule has 2 aromatic heterocycles. The molecule has 3 atom stereocenters. The molecule has 2 aromatic rings. The molecule has 0 spiro atoms. The maximum atomic E-state index is 12.9. The standard InChI is InChI=1S/C18H25N7O4/c1-24(9-15-23-21-10-25(15)2)18(28)11-4-5-14(29-3)12(6-11)22-17(27)13-7-20-16(26)8-19-13/h7-8,10-12,14H,4-6,9H2,1-3H3,(H,20,26)(H,22,27)/t11-,12+,14+/m0/s1. The number of hydrogen-bond acceptors (Lipinski definition) is 7. The number of methoxy groups -OCH3 is 1. The number of aromatic amines is 1. The number of nitrogens with zero attached hydrogens (tertiary/aromatic N) is 5. The van der Waals surface area contributed by atoms with Crippen LogP contribution in [0.3, 0.4) is 0 Å². The number of hydrogen-bond donors (Lipinski definition) is 2. The van der Waals surface area contributed by atoms with E-state index < -0.39 is 5.91 Å². The Morgan fingerprint density at radius 2 is 2.21 bits per heavy atom. The van der Waals surface area contributed by atoms with Crippen LogP contribution in [0.1, 0.15) is 35.6 Å². The summed E-state index contributed by atoms with van der Waals surface area (Å²) in [6.45, 7) is 0.359. The number of H-pyrrole nitrogens is 1. The van der Waals surface area contributed by atoms with Gasteiger partial charge in [0, 0.05) is 33.3 Å². The lowest BCUT2D eigenvalue weighted by Gasteiger charge is -2.36. The van der Waals surface area contributed by atoms with Crippen molar-refractivity contribution in [2.45, 2.75) is 38.0 Å². The van der Waals surface area contributed by atoms with E-state index in [1.54, 1.807) is 30.0 Å². The van der Waals surface area contributed by atoms with Crippen LogP contribution in [0.5, 0.6) is 0 Å². The van der Waals surface area contributed by atoms with Crippen LogP contribution in [0.15, 0.2) is 23.5 Å². The Hall–Kier alpha value is -3.08. The zero-order valence-electron chi connectivity index (χ0n) is 16.7. The van der Waals surface area contributed by atoms with Crippen LogP contribution in [0, 0.1) is 5.92 Å². The lowest BCUT2D eigenvalue weighted by atomic mass is 9.82. The quantitative estimate of drug-likeness (QED) is 0.662. The van der Waals surface area contributed by atoms with Crippen LogP contribution in [0.2, 0.25) is 0 Å². The Morgan fingerprint density at radius 1 is 1.41 bits per heavy atom. The van der Waals surface area contributed by atoms with Gasteiger partial charge in [0.15, 0.2) is 5.82 Å². The molecular formula is C18H25N7O4. The third kappa shape index (κ3) is 4.86. The van der Waals surface area contributed by atoms with E-state index in [0.717, 1.165) is 6.20 Å². The maximum Gasteiger partial charge on any atom is 0.271 e. The van der Waals surface area contributed by atoms with Crippen LogP contribution in [0.25, 0.3) is 0 Å². The normalized spacial score (nSPS) is 21.6. The van der Waals surface area contributed by atoms with E-state index >= 15 is 0 Å². The SMILES string of the molecule is CO[C@@H]1CC[C@H](C(=O)N(C)Cc2nncn2C)C[C@H]1NC(=O)c1c[nH]c(=O)cn1. The molecular weight excluding hydrogens is 378 g/mol. The summed E-state index contributed by atoms with van der Waals surface area (Å²) in [6, 6.07) is -0.341. The molecule has 0 aromatic carbocycles. The first-order chi connectivity index (χ1) is 13.9. The number of carbonyl (C=O) groups is 2. The highest BCUT2D eigenvalue weighted by Gasteiger charge is 2.36.